The molecular weight excluding hydrogens is 302 g/mol. The lowest BCUT2D eigenvalue weighted by atomic mass is 10.2. The first-order valence-electron chi connectivity index (χ1n) is 6.61. The lowest BCUT2D eigenvalue weighted by Gasteiger charge is -2.11. The van der Waals surface area contributed by atoms with Crippen molar-refractivity contribution in [3.8, 4) is 11.5 Å². The van der Waals surface area contributed by atoms with Gasteiger partial charge in [0, 0.05) is 11.1 Å². The van der Waals surface area contributed by atoms with Gasteiger partial charge in [0.1, 0.15) is 6.61 Å². The largest absolute Gasteiger partial charge is 0.493 e. The van der Waals surface area contributed by atoms with E-state index in [2.05, 4.69) is 0 Å². The van der Waals surface area contributed by atoms with E-state index in [0.29, 0.717) is 23.1 Å². The van der Waals surface area contributed by atoms with E-state index in [1.165, 1.54) is 6.08 Å². The van der Waals surface area contributed by atoms with Crippen LogP contribution >= 0.6 is 11.6 Å². The first-order chi connectivity index (χ1) is 10.6. The van der Waals surface area contributed by atoms with E-state index in [0.717, 1.165) is 11.1 Å². The second-order valence-corrected chi connectivity index (χ2v) is 5.00. The Morgan fingerprint density at radius 1 is 1.18 bits per heavy atom. The highest BCUT2D eigenvalue weighted by Gasteiger charge is 2.05. The van der Waals surface area contributed by atoms with Crippen molar-refractivity contribution in [2.45, 2.75) is 6.61 Å². The third-order valence-corrected chi connectivity index (χ3v) is 3.19. The van der Waals surface area contributed by atoms with E-state index in [-0.39, 0.29) is 0 Å². The summed E-state index contributed by atoms with van der Waals surface area (Å²) in [4.78, 5) is 10.8. The van der Waals surface area contributed by atoms with Gasteiger partial charge in [0.25, 0.3) is 0 Å². The molecule has 0 saturated heterocycles. The molecule has 0 aromatic heterocycles. The number of hydrogen-bond acceptors (Lipinski definition) is 3. The average Bonchev–Trinajstić information content (AvgIpc) is 2.52. The van der Waals surface area contributed by atoms with Gasteiger partial charge in [0.05, 0.1) is 7.11 Å². The monoisotopic (exact) mass is 317 g/mol. The highest BCUT2D eigenvalue weighted by molar-refractivity contribution is 6.30. The van der Waals surface area contributed by atoms with Gasteiger partial charge >= 0.3 is 0 Å². The van der Waals surface area contributed by atoms with Crippen LogP contribution < -0.4 is 15.2 Å². The molecule has 0 aliphatic carbocycles. The summed E-state index contributed by atoms with van der Waals surface area (Å²) in [7, 11) is 1.57. The Morgan fingerprint density at radius 3 is 2.55 bits per heavy atom. The molecule has 0 heterocycles. The third-order valence-electron chi connectivity index (χ3n) is 2.94. The molecule has 4 nitrogen and oxygen atoms in total. The quantitative estimate of drug-likeness (QED) is 0.830. The van der Waals surface area contributed by atoms with Crippen molar-refractivity contribution in [2.24, 2.45) is 5.73 Å². The van der Waals surface area contributed by atoms with Gasteiger partial charge < -0.3 is 15.2 Å². The number of benzene rings is 2. The molecule has 114 valence electrons. The summed E-state index contributed by atoms with van der Waals surface area (Å²) in [6.45, 7) is 0.385. The molecule has 0 fully saturated rings. The molecule has 1 amide bonds. The number of hydrogen-bond donors (Lipinski definition) is 1. The first-order valence-corrected chi connectivity index (χ1v) is 6.99. The number of carbonyl (C=O) groups excluding carboxylic acids is 1. The second-order valence-electron chi connectivity index (χ2n) is 4.56. The van der Waals surface area contributed by atoms with E-state index in [9.17, 15) is 4.79 Å². The van der Waals surface area contributed by atoms with Gasteiger partial charge in [-0.05, 0) is 41.5 Å². The molecule has 0 unspecified atom stereocenters. The molecule has 0 atom stereocenters. The van der Waals surface area contributed by atoms with Crippen molar-refractivity contribution in [1.29, 1.82) is 0 Å². The lowest BCUT2D eigenvalue weighted by Crippen LogP contribution is -2.05. The van der Waals surface area contributed by atoms with Crippen LogP contribution in [0.25, 0.3) is 6.08 Å². The maximum atomic E-state index is 10.8. The smallest absolute Gasteiger partial charge is 0.241 e. The number of ether oxygens (including phenoxy) is 2. The molecule has 0 bridgehead atoms. The fraction of sp³-hybridized carbons (Fsp3) is 0.118. The predicted octanol–water partition coefficient (Wildman–Crippen LogP) is 3.43. The molecule has 0 aliphatic rings. The Balaban J connectivity index is 2.15. The molecule has 0 radical (unpaired) electrons. The van der Waals surface area contributed by atoms with Crippen molar-refractivity contribution < 1.29 is 14.3 Å². The average molecular weight is 318 g/mol. The molecule has 0 spiro atoms. The number of nitrogens with two attached hydrogens (primary N) is 1. The van der Waals surface area contributed by atoms with Gasteiger partial charge in [-0.2, -0.15) is 0 Å². The SMILES string of the molecule is COc1ccc(C=CC(N)=O)cc1OCc1ccc(Cl)cc1. The lowest BCUT2D eigenvalue weighted by molar-refractivity contribution is -0.113. The molecule has 2 rings (SSSR count). The number of rotatable bonds is 6. The number of primary amides is 1. The summed E-state index contributed by atoms with van der Waals surface area (Å²) in [5.41, 5.74) is 6.88. The molecule has 2 aromatic carbocycles. The maximum Gasteiger partial charge on any atom is 0.241 e. The third kappa shape index (κ3) is 4.53. The summed E-state index contributed by atoms with van der Waals surface area (Å²) in [6.07, 6.45) is 2.92. The molecule has 5 heteroatoms. The zero-order chi connectivity index (χ0) is 15.9. The number of carbonyl (C=O) groups is 1. The highest BCUT2D eigenvalue weighted by atomic mass is 35.5. The van der Waals surface area contributed by atoms with Crippen LogP contribution in [-0.2, 0) is 11.4 Å². The minimum absolute atomic E-state index is 0.385. The van der Waals surface area contributed by atoms with Crippen LogP contribution in [0.2, 0.25) is 5.02 Å². The maximum absolute atomic E-state index is 10.8. The Hall–Kier alpha value is -2.46. The van der Waals surface area contributed by atoms with Crippen molar-refractivity contribution in [3.05, 3.63) is 64.7 Å². The van der Waals surface area contributed by atoms with Crippen LogP contribution in [0.15, 0.2) is 48.5 Å². The summed E-state index contributed by atoms with van der Waals surface area (Å²) in [5, 5.41) is 0.680. The van der Waals surface area contributed by atoms with Crippen LogP contribution in [0, 0.1) is 0 Å². The molecule has 22 heavy (non-hydrogen) atoms. The van der Waals surface area contributed by atoms with Crippen LogP contribution in [0.4, 0.5) is 0 Å². The molecule has 2 aromatic rings. The van der Waals surface area contributed by atoms with Gasteiger partial charge in [-0.3, -0.25) is 4.79 Å². The van der Waals surface area contributed by atoms with Gasteiger partial charge in [-0.1, -0.05) is 29.8 Å². The van der Waals surface area contributed by atoms with Crippen LogP contribution in [-0.4, -0.2) is 13.0 Å². The van der Waals surface area contributed by atoms with Crippen molar-refractivity contribution >= 4 is 23.6 Å². The van der Waals surface area contributed by atoms with Gasteiger partial charge in [0.15, 0.2) is 11.5 Å². The van der Waals surface area contributed by atoms with E-state index >= 15 is 0 Å². The van der Waals surface area contributed by atoms with Gasteiger partial charge in [-0.25, -0.2) is 0 Å². The second kappa shape index (κ2) is 7.52. The van der Waals surface area contributed by atoms with E-state index < -0.39 is 5.91 Å². The molecule has 0 aliphatic heterocycles. The summed E-state index contributed by atoms with van der Waals surface area (Å²) in [6, 6.07) is 12.8. The van der Waals surface area contributed by atoms with E-state index in [4.69, 9.17) is 26.8 Å². The van der Waals surface area contributed by atoms with E-state index in [1.54, 1.807) is 25.3 Å². The Bertz CT molecular complexity index is 681. The highest BCUT2D eigenvalue weighted by Crippen LogP contribution is 2.29. The molecule has 2 N–H and O–H groups in total. The first kappa shape index (κ1) is 15.9. The molecular formula is C17H16ClNO3. The Kier molecular flexibility index (Phi) is 5.44. The fourth-order valence-electron chi connectivity index (χ4n) is 1.83. The van der Waals surface area contributed by atoms with Crippen LogP contribution in [0.5, 0.6) is 11.5 Å². The van der Waals surface area contributed by atoms with Crippen molar-refractivity contribution in [1.82, 2.24) is 0 Å². The van der Waals surface area contributed by atoms with Crippen LogP contribution in [0.1, 0.15) is 11.1 Å². The van der Waals surface area contributed by atoms with E-state index in [1.807, 2.05) is 30.3 Å². The minimum atomic E-state index is -0.501. The van der Waals surface area contributed by atoms with Gasteiger partial charge in [-0.15, -0.1) is 0 Å². The summed E-state index contributed by atoms with van der Waals surface area (Å²) < 4.78 is 11.1. The topological polar surface area (TPSA) is 61.5 Å². The number of methoxy groups -OCH3 is 1. The van der Waals surface area contributed by atoms with Gasteiger partial charge in [0.2, 0.25) is 5.91 Å². The molecule has 0 saturated carbocycles. The zero-order valence-electron chi connectivity index (χ0n) is 12.1. The Morgan fingerprint density at radius 2 is 1.91 bits per heavy atom. The minimum Gasteiger partial charge on any atom is -0.493 e. The Labute approximate surface area is 134 Å². The standard InChI is InChI=1S/C17H16ClNO3/c1-21-15-8-4-12(5-9-17(19)20)10-16(15)22-11-13-2-6-14(18)7-3-13/h2-10H,11H2,1H3,(H2,19,20). The van der Waals surface area contributed by atoms with Crippen molar-refractivity contribution in [3.63, 3.8) is 0 Å². The van der Waals surface area contributed by atoms with Crippen molar-refractivity contribution in [2.75, 3.05) is 7.11 Å². The fourth-order valence-corrected chi connectivity index (χ4v) is 1.96. The predicted molar refractivity (Wildman–Crippen MR) is 87.0 cm³/mol. The summed E-state index contributed by atoms with van der Waals surface area (Å²) >= 11 is 5.85. The normalized spacial score (nSPS) is 10.6. The summed E-state index contributed by atoms with van der Waals surface area (Å²) in [5.74, 6) is 0.703. The number of amides is 1. The number of halogens is 1. The zero-order valence-corrected chi connectivity index (χ0v) is 12.8. The van der Waals surface area contributed by atoms with Crippen LogP contribution in [0.3, 0.4) is 0 Å².